The molecule has 1 aliphatic heterocycles. The molecule has 0 bridgehead atoms. The van der Waals surface area contributed by atoms with Crippen molar-refractivity contribution in [3.63, 3.8) is 0 Å². The molecule has 1 saturated heterocycles. The normalized spacial score (nSPS) is 13.9. The minimum Gasteiger partial charge on any atom is -0.475 e. The van der Waals surface area contributed by atoms with E-state index in [1.54, 1.807) is 11.5 Å². The molecule has 3 rings (SSSR count). The number of nitrogens with zero attached hydrogens (tertiary/aromatic N) is 5. The van der Waals surface area contributed by atoms with Crippen molar-refractivity contribution in [2.75, 3.05) is 31.1 Å². The lowest BCUT2D eigenvalue weighted by Gasteiger charge is -2.33. The Bertz CT molecular complexity index is 1040. The van der Waals surface area contributed by atoms with Gasteiger partial charge in [-0.15, -0.1) is 5.92 Å². The minimum atomic E-state index is -5.08. The van der Waals surface area contributed by atoms with E-state index in [0.29, 0.717) is 49.7 Å². The maximum absolute atomic E-state index is 12.1. The largest absolute Gasteiger partial charge is 0.490 e. The number of hydrogen-bond donors (Lipinski definition) is 3. The van der Waals surface area contributed by atoms with Gasteiger partial charge in [-0.05, 0) is 6.92 Å². The molecule has 2 aromatic rings. The number of aromatic nitrogens is 4. The number of rotatable bonds is 2. The molecule has 0 saturated carbocycles. The molecule has 1 fully saturated rings. The summed E-state index contributed by atoms with van der Waals surface area (Å²) < 4.78 is 33.5. The number of hydrogen-bond acceptors (Lipinski definition) is 6. The average molecular weight is 430 g/mol. The van der Waals surface area contributed by atoms with Gasteiger partial charge in [-0.25, -0.2) is 19.7 Å². The number of carboxylic acid groups (broad SMARTS) is 2. The second kappa shape index (κ2) is 9.16. The van der Waals surface area contributed by atoms with E-state index < -0.39 is 18.2 Å². The molecule has 2 aromatic heterocycles. The molecule has 162 valence electrons. The number of aliphatic carboxylic acids is 1. The number of aromatic amines is 1. The van der Waals surface area contributed by atoms with Crippen molar-refractivity contribution in [2.24, 2.45) is 0 Å². The Hall–Kier alpha value is -3.76. The number of carboxylic acids is 1. The fourth-order valence-corrected chi connectivity index (χ4v) is 2.64. The highest BCUT2D eigenvalue weighted by molar-refractivity contribution is 5.77. The topological polar surface area (TPSA) is 145 Å². The molecule has 0 atom stereocenters. The van der Waals surface area contributed by atoms with Crippen LogP contribution in [0.4, 0.5) is 23.9 Å². The summed E-state index contributed by atoms with van der Waals surface area (Å²) in [5.74, 6) is 3.62. The van der Waals surface area contributed by atoms with Gasteiger partial charge < -0.3 is 20.0 Å². The summed E-state index contributed by atoms with van der Waals surface area (Å²) in [5, 5.41) is 22.3. The molecule has 0 aromatic carbocycles. The van der Waals surface area contributed by atoms with Gasteiger partial charge in [0.05, 0.1) is 12.7 Å². The summed E-state index contributed by atoms with van der Waals surface area (Å²) in [4.78, 5) is 39.8. The monoisotopic (exact) mass is 430 g/mol. The van der Waals surface area contributed by atoms with Crippen LogP contribution in [0.2, 0.25) is 0 Å². The summed E-state index contributed by atoms with van der Waals surface area (Å²) in [6.07, 6.45) is -4.50. The van der Waals surface area contributed by atoms with Crippen molar-refractivity contribution < 1.29 is 33.0 Å². The first-order chi connectivity index (χ1) is 14.1. The Morgan fingerprint density at radius 1 is 1.23 bits per heavy atom. The number of anilines is 1. The van der Waals surface area contributed by atoms with Gasteiger partial charge in [-0.3, -0.25) is 9.36 Å². The zero-order valence-corrected chi connectivity index (χ0v) is 15.6. The summed E-state index contributed by atoms with van der Waals surface area (Å²) in [6.45, 7) is 3.89. The Kier molecular flexibility index (Phi) is 6.88. The molecule has 0 spiro atoms. The van der Waals surface area contributed by atoms with E-state index in [1.165, 1.54) is 11.1 Å². The van der Waals surface area contributed by atoms with Crippen molar-refractivity contribution in [2.45, 2.75) is 19.6 Å². The van der Waals surface area contributed by atoms with Gasteiger partial charge in [0.2, 0.25) is 5.95 Å². The molecule has 1 amide bonds. The Labute approximate surface area is 166 Å². The van der Waals surface area contributed by atoms with Crippen molar-refractivity contribution in [3.8, 4) is 11.8 Å². The number of H-pyrrole nitrogens is 1. The number of amides is 1. The van der Waals surface area contributed by atoms with Gasteiger partial charge in [0.1, 0.15) is 11.0 Å². The quantitative estimate of drug-likeness (QED) is 0.587. The van der Waals surface area contributed by atoms with Crippen LogP contribution in [0.15, 0.2) is 11.0 Å². The second-order valence-corrected chi connectivity index (χ2v) is 5.92. The molecule has 0 radical (unpaired) electrons. The SMILES string of the molecule is CC#CCn1c(N2CCN(C(=O)O)CC2)nc2cn[nH]c(=O)c21.O=C(O)C(F)(F)F. The summed E-state index contributed by atoms with van der Waals surface area (Å²) in [7, 11) is 0. The summed E-state index contributed by atoms with van der Waals surface area (Å²) in [5.41, 5.74) is 0.615. The first kappa shape index (κ1) is 22.5. The van der Waals surface area contributed by atoms with Gasteiger partial charge >= 0.3 is 18.2 Å². The van der Waals surface area contributed by atoms with Crippen LogP contribution in [0.3, 0.4) is 0 Å². The van der Waals surface area contributed by atoms with E-state index in [4.69, 9.17) is 15.0 Å². The smallest absolute Gasteiger partial charge is 0.475 e. The van der Waals surface area contributed by atoms with E-state index in [0.717, 1.165) is 0 Å². The maximum Gasteiger partial charge on any atom is 0.490 e. The van der Waals surface area contributed by atoms with E-state index in [1.807, 2.05) is 4.90 Å². The Balaban J connectivity index is 0.000000396. The lowest BCUT2D eigenvalue weighted by atomic mass is 10.3. The third-order valence-corrected chi connectivity index (χ3v) is 4.03. The third-order valence-electron chi connectivity index (χ3n) is 4.03. The van der Waals surface area contributed by atoms with Crippen LogP contribution in [0.25, 0.3) is 11.0 Å². The molecule has 0 aliphatic carbocycles. The van der Waals surface area contributed by atoms with Gasteiger partial charge in [-0.1, -0.05) is 5.92 Å². The van der Waals surface area contributed by atoms with Gasteiger partial charge in [0.25, 0.3) is 5.56 Å². The first-order valence-corrected chi connectivity index (χ1v) is 8.42. The van der Waals surface area contributed by atoms with Gasteiger partial charge in [0, 0.05) is 26.2 Å². The van der Waals surface area contributed by atoms with Crippen LogP contribution in [-0.2, 0) is 11.3 Å². The molecule has 30 heavy (non-hydrogen) atoms. The predicted octanol–water partition coefficient (Wildman–Crippen LogP) is 0.576. The molecule has 3 N–H and O–H groups in total. The van der Waals surface area contributed by atoms with E-state index in [-0.39, 0.29) is 5.56 Å². The number of nitrogens with one attached hydrogen (secondary N) is 1. The molecular formula is C16H17F3N6O5. The van der Waals surface area contributed by atoms with Crippen molar-refractivity contribution in [1.82, 2.24) is 24.6 Å². The van der Waals surface area contributed by atoms with Gasteiger partial charge in [-0.2, -0.15) is 18.3 Å². The zero-order valence-electron chi connectivity index (χ0n) is 15.6. The lowest BCUT2D eigenvalue weighted by molar-refractivity contribution is -0.192. The average Bonchev–Trinajstić information content (AvgIpc) is 3.06. The molecule has 11 nitrogen and oxygen atoms in total. The van der Waals surface area contributed by atoms with Crippen LogP contribution in [0.1, 0.15) is 6.92 Å². The molecule has 0 unspecified atom stereocenters. The van der Waals surface area contributed by atoms with Crippen molar-refractivity contribution in [1.29, 1.82) is 0 Å². The standard InChI is InChI=1S/C14H16N6O3.C2HF3O2/c1-2-3-4-20-11-10(9-15-17-12(11)21)16-13(20)18-5-7-19(8-6-18)14(22)23;3-2(4,5)1(6)7/h9H,4-8H2,1H3,(H,17,21)(H,22,23);(H,6,7). The third kappa shape index (κ3) is 5.19. The van der Waals surface area contributed by atoms with Crippen LogP contribution in [0.5, 0.6) is 0 Å². The highest BCUT2D eigenvalue weighted by atomic mass is 19.4. The highest BCUT2D eigenvalue weighted by Crippen LogP contribution is 2.21. The zero-order chi connectivity index (χ0) is 22.5. The summed E-state index contributed by atoms with van der Waals surface area (Å²) in [6, 6.07) is 0. The number of fused-ring (bicyclic) bond motifs is 1. The minimum absolute atomic E-state index is 0.316. The van der Waals surface area contributed by atoms with E-state index in [9.17, 15) is 22.8 Å². The first-order valence-electron chi connectivity index (χ1n) is 8.42. The molecule has 3 heterocycles. The fourth-order valence-electron chi connectivity index (χ4n) is 2.64. The second-order valence-electron chi connectivity index (χ2n) is 5.92. The molecule has 14 heteroatoms. The van der Waals surface area contributed by atoms with E-state index in [2.05, 4.69) is 27.0 Å². The lowest BCUT2D eigenvalue weighted by Crippen LogP contribution is -2.49. The summed E-state index contributed by atoms with van der Waals surface area (Å²) >= 11 is 0. The highest BCUT2D eigenvalue weighted by Gasteiger charge is 2.38. The number of halogens is 3. The number of carbonyl (C=O) groups is 2. The molecular weight excluding hydrogens is 413 g/mol. The number of piperazine rings is 1. The van der Waals surface area contributed by atoms with Crippen LogP contribution in [-0.4, -0.2) is 79.3 Å². The molecule has 1 aliphatic rings. The predicted molar refractivity (Wildman–Crippen MR) is 97.1 cm³/mol. The Morgan fingerprint density at radius 3 is 2.33 bits per heavy atom. The van der Waals surface area contributed by atoms with Crippen molar-refractivity contribution in [3.05, 3.63) is 16.6 Å². The van der Waals surface area contributed by atoms with Crippen LogP contribution < -0.4 is 10.5 Å². The number of imidazole rings is 1. The maximum atomic E-state index is 12.1. The van der Waals surface area contributed by atoms with E-state index >= 15 is 0 Å². The van der Waals surface area contributed by atoms with Crippen LogP contribution in [0, 0.1) is 11.8 Å². The van der Waals surface area contributed by atoms with Gasteiger partial charge in [0.15, 0.2) is 0 Å². The van der Waals surface area contributed by atoms with Crippen molar-refractivity contribution >= 4 is 29.0 Å². The Morgan fingerprint density at radius 2 is 1.83 bits per heavy atom. The number of alkyl halides is 3. The fraction of sp³-hybridized carbons (Fsp3) is 0.438. The van der Waals surface area contributed by atoms with Crippen LogP contribution >= 0.6 is 0 Å².